The van der Waals surface area contributed by atoms with Crippen LogP contribution in [0.2, 0.25) is 0 Å². The van der Waals surface area contributed by atoms with E-state index in [1.54, 1.807) is 12.1 Å². The van der Waals surface area contributed by atoms with Crippen LogP contribution in [0.3, 0.4) is 0 Å². The molecule has 0 spiro atoms. The molecule has 0 aliphatic heterocycles. The van der Waals surface area contributed by atoms with Gasteiger partial charge >= 0.3 is 5.97 Å². The maximum atomic E-state index is 11.8. The molecule has 4 heteroatoms. The molecule has 94 valence electrons. The van der Waals surface area contributed by atoms with E-state index < -0.39 is 0 Å². The van der Waals surface area contributed by atoms with Gasteiger partial charge in [0.15, 0.2) is 0 Å². The zero-order chi connectivity index (χ0) is 12.3. The Morgan fingerprint density at radius 3 is 2.88 bits per heavy atom. The topological polar surface area (TPSA) is 65.5 Å². The Morgan fingerprint density at radius 2 is 2.24 bits per heavy atom. The second kappa shape index (κ2) is 5.36. The van der Waals surface area contributed by atoms with Crippen LogP contribution in [0, 0.1) is 5.92 Å². The molecular formula is C13H19NO3. The summed E-state index contributed by atoms with van der Waals surface area (Å²) in [5.41, 5.74) is 5.42. The number of hydrogen-bond donors (Lipinski definition) is 1. The summed E-state index contributed by atoms with van der Waals surface area (Å²) in [6.45, 7) is 2.43. The lowest BCUT2D eigenvalue weighted by Crippen LogP contribution is -2.28. The second-order valence-electron chi connectivity index (χ2n) is 4.68. The van der Waals surface area contributed by atoms with Gasteiger partial charge in [-0.1, -0.05) is 13.3 Å². The molecule has 2 N–H and O–H groups in total. The average Bonchev–Trinajstić information content (AvgIpc) is 2.81. The third-order valence-electron chi connectivity index (χ3n) is 3.36. The third kappa shape index (κ3) is 2.88. The van der Waals surface area contributed by atoms with E-state index in [4.69, 9.17) is 14.9 Å². The second-order valence-corrected chi connectivity index (χ2v) is 4.68. The zero-order valence-corrected chi connectivity index (χ0v) is 10.1. The highest BCUT2D eigenvalue weighted by Crippen LogP contribution is 2.27. The van der Waals surface area contributed by atoms with Crippen LogP contribution in [0.15, 0.2) is 16.5 Å². The summed E-state index contributed by atoms with van der Waals surface area (Å²) in [6, 6.07) is 3.33. The van der Waals surface area contributed by atoms with Crippen LogP contribution in [0.5, 0.6) is 0 Å². The summed E-state index contributed by atoms with van der Waals surface area (Å²) in [6.07, 6.45) is 4.48. The Balaban J connectivity index is 1.96. The molecule has 1 aliphatic carbocycles. The SMILES string of the molecule is CC1CCCCC1OC(=O)c1ccc(CN)o1. The molecule has 0 aromatic carbocycles. The van der Waals surface area contributed by atoms with E-state index in [0.717, 1.165) is 19.3 Å². The van der Waals surface area contributed by atoms with Gasteiger partial charge in [0, 0.05) is 0 Å². The van der Waals surface area contributed by atoms with Gasteiger partial charge in [-0.3, -0.25) is 0 Å². The minimum Gasteiger partial charge on any atom is -0.456 e. The number of hydrogen-bond acceptors (Lipinski definition) is 4. The summed E-state index contributed by atoms with van der Waals surface area (Å²) < 4.78 is 10.7. The Morgan fingerprint density at radius 1 is 1.47 bits per heavy atom. The van der Waals surface area contributed by atoms with Gasteiger partial charge in [0.2, 0.25) is 5.76 Å². The Labute approximate surface area is 101 Å². The fraction of sp³-hybridized carbons (Fsp3) is 0.615. The number of rotatable bonds is 3. The van der Waals surface area contributed by atoms with E-state index in [2.05, 4.69) is 6.92 Å². The molecule has 1 aromatic rings. The molecule has 0 amide bonds. The van der Waals surface area contributed by atoms with E-state index in [-0.39, 0.29) is 17.8 Å². The molecule has 17 heavy (non-hydrogen) atoms. The summed E-state index contributed by atoms with van der Waals surface area (Å²) in [5, 5.41) is 0. The smallest absolute Gasteiger partial charge is 0.374 e. The van der Waals surface area contributed by atoms with Gasteiger partial charge in [-0.15, -0.1) is 0 Å². The molecule has 0 bridgehead atoms. The van der Waals surface area contributed by atoms with Crippen LogP contribution >= 0.6 is 0 Å². The molecule has 1 aliphatic rings. The van der Waals surface area contributed by atoms with Gasteiger partial charge in [-0.25, -0.2) is 4.79 Å². The van der Waals surface area contributed by atoms with E-state index in [1.807, 2.05) is 0 Å². The molecule has 2 rings (SSSR count). The van der Waals surface area contributed by atoms with E-state index >= 15 is 0 Å². The van der Waals surface area contributed by atoms with E-state index in [1.165, 1.54) is 6.42 Å². The third-order valence-corrected chi connectivity index (χ3v) is 3.36. The first kappa shape index (κ1) is 12.2. The minimum absolute atomic E-state index is 0.0303. The van der Waals surface area contributed by atoms with Crippen LogP contribution in [0.4, 0.5) is 0 Å². The van der Waals surface area contributed by atoms with Crippen molar-refractivity contribution in [2.75, 3.05) is 0 Å². The van der Waals surface area contributed by atoms with Crippen molar-refractivity contribution in [1.82, 2.24) is 0 Å². The van der Waals surface area contributed by atoms with Crippen LogP contribution in [-0.2, 0) is 11.3 Å². The van der Waals surface area contributed by atoms with Gasteiger partial charge in [-0.2, -0.15) is 0 Å². The van der Waals surface area contributed by atoms with E-state index in [9.17, 15) is 4.79 Å². The quantitative estimate of drug-likeness (QED) is 0.820. The summed E-state index contributed by atoms with van der Waals surface area (Å²) in [5.74, 6) is 0.928. The molecule has 0 radical (unpaired) electrons. The highest BCUT2D eigenvalue weighted by Gasteiger charge is 2.26. The van der Waals surface area contributed by atoms with Gasteiger partial charge in [0.25, 0.3) is 0 Å². The van der Waals surface area contributed by atoms with Crippen molar-refractivity contribution < 1.29 is 13.9 Å². The lowest BCUT2D eigenvalue weighted by atomic mass is 9.88. The minimum atomic E-state index is -0.372. The van der Waals surface area contributed by atoms with Gasteiger partial charge < -0.3 is 14.9 Å². The van der Waals surface area contributed by atoms with Crippen molar-refractivity contribution in [2.24, 2.45) is 11.7 Å². The van der Waals surface area contributed by atoms with Crippen molar-refractivity contribution in [3.8, 4) is 0 Å². The molecule has 2 unspecified atom stereocenters. The average molecular weight is 237 g/mol. The molecule has 1 saturated carbocycles. The van der Waals surface area contributed by atoms with Gasteiger partial charge in [0.05, 0.1) is 6.54 Å². The Hall–Kier alpha value is -1.29. The maximum absolute atomic E-state index is 11.8. The van der Waals surface area contributed by atoms with Crippen LogP contribution < -0.4 is 5.73 Å². The first-order valence-corrected chi connectivity index (χ1v) is 6.20. The summed E-state index contributed by atoms with van der Waals surface area (Å²) >= 11 is 0. The number of furan rings is 1. The van der Waals surface area contributed by atoms with Crippen molar-refractivity contribution in [3.05, 3.63) is 23.7 Å². The molecule has 0 saturated heterocycles. The Kier molecular flexibility index (Phi) is 3.84. The molecule has 1 fully saturated rings. The predicted molar refractivity (Wildman–Crippen MR) is 63.4 cm³/mol. The van der Waals surface area contributed by atoms with Crippen LogP contribution in [0.25, 0.3) is 0 Å². The first-order valence-electron chi connectivity index (χ1n) is 6.20. The number of carbonyl (C=O) groups is 1. The zero-order valence-electron chi connectivity index (χ0n) is 10.1. The lowest BCUT2D eigenvalue weighted by Gasteiger charge is -2.27. The largest absolute Gasteiger partial charge is 0.456 e. The van der Waals surface area contributed by atoms with Gasteiger partial charge in [-0.05, 0) is 37.3 Å². The van der Waals surface area contributed by atoms with Crippen LogP contribution in [0.1, 0.15) is 48.9 Å². The van der Waals surface area contributed by atoms with Crippen molar-refractivity contribution in [3.63, 3.8) is 0 Å². The van der Waals surface area contributed by atoms with Crippen molar-refractivity contribution >= 4 is 5.97 Å². The molecule has 2 atom stereocenters. The molecule has 4 nitrogen and oxygen atoms in total. The maximum Gasteiger partial charge on any atom is 0.374 e. The number of carbonyl (C=O) groups excluding carboxylic acids is 1. The van der Waals surface area contributed by atoms with Crippen molar-refractivity contribution in [1.29, 1.82) is 0 Å². The van der Waals surface area contributed by atoms with E-state index in [0.29, 0.717) is 18.2 Å². The standard InChI is InChI=1S/C13H19NO3/c1-9-4-2-3-5-11(9)17-13(15)12-7-6-10(8-14)16-12/h6-7,9,11H,2-5,8,14H2,1H3. The summed E-state index contributed by atoms with van der Waals surface area (Å²) in [7, 11) is 0. The molecule has 1 aromatic heterocycles. The highest BCUT2D eigenvalue weighted by molar-refractivity contribution is 5.86. The van der Waals surface area contributed by atoms with Crippen LogP contribution in [-0.4, -0.2) is 12.1 Å². The Bertz CT molecular complexity index is 386. The lowest BCUT2D eigenvalue weighted by molar-refractivity contribution is 0.00161. The monoisotopic (exact) mass is 237 g/mol. The molecular weight excluding hydrogens is 218 g/mol. The predicted octanol–water partition coefficient (Wildman–Crippen LogP) is 2.47. The van der Waals surface area contributed by atoms with Gasteiger partial charge in [0.1, 0.15) is 11.9 Å². The summed E-state index contributed by atoms with van der Waals surface area (Å²) in [4.78, 5) is 11.8. The molecule has 1 heterocycles. The first-order chi connectivity index (χ1) is 8.20. The normalized spacial score (nSPS) is 24.6. The number of ether oxygens (including phenoxy) is 1. The number of nitrogens with two attached hydrogens (primary N) is 1. The number of esters is 1. The fourth-order valence-corrected chi connectivity index (χ4v) is 2.25. The fourth-order valence-electron chi connectivity index (χ4n) is 2.25. The highest BCUT2D eigenvalue weighted by atomic mass is 16.6. The van der Waals surface area contributed by atoms with Crippen molar-refractivity contribution in [2.45, 2.75) is 45.3 Å².